The lowest BCUT2D eigenvalue weighted by Gasteiger charge is -2.05. The van der Waals surface area contributed by atoms with Crippen molar-refractivity contribution in [2.45, 2.75) is 5.51 Å². The number of hydrogen-bond donors (Lipinski definition) is 0. The molecule has 0 amide bonds. The first-order chi connectivity index (χ1) is 5.99. The van der Waals surface area contributed by atoms with Crippen LogP contribution in [-0.4, -0.2) is 9.70 Å². The van der Waals surface area contributed by atoms with E-state index in [0.717, 1.165) is 0 Å². The summed E-state index contributed by atoms with van der Waals surface area (Å²) in [6, 6.07) is 8.14. The molecule has 0 aliphatic heterocycles. The van der Waals surface area contributed by atoms with Gasteiger partial charge in [0.2, 0.25) is 0 Å². The van der Waals surface area contributed by atoms with E-state index in [1.807, 2.05) is 0 Å². The quantitative estimate of drug-likeness (QED) is 0.666. The Hall–Kier alpha value is -0.550. The second kappa shape index (κ2) is 4.11. The molecule has 0 aliphatic carbocycles. The molecule has 0 fully saturated rings. The van der Waals surface area contributed by atoms with Crippen molar-refractivity contribution in [3.05, 3.63) is 35.9 Å². The van der Waals surface area contributed by atoms with Gasteiger partial charge in [-0.15, -0.1) is 0 Å². The van der Waals surface area contributed by atoms with Gasteiger partial charge >= 0.3 is 5.51 Å². The van der Waals surface area contributed by atoms with Crippen molar-refractivity contribution >= 4 is 28.2 Å². The molecule has 0 radical (unpaired) electrons. The molecule has 0 aromatic heterocycles. The Morgan fingerprint density at radius 1 is 1.15 bits per heavy atom. The zero-order valence-corrected chi connectivity index (χ0v) is 7.97. The van der Waals surface area contributed by atoms with Crippen molar-refractivity contribution in [2.24, 2.45) is 0 Å². The van der Waals surface area contributed by atoms with Crippen LogP contribution in [0.3, 0.4) is 0 Å². The minimum Gasteiger partial charge on any atom is -0.160 e. The molecule has 70 valence electrons. The maximum atomic E-state index is 11.9. The van der Waals surface area contributed by atoms with Gasteiger partial charge in [-0.2, -0.15) is 13.2 Å². The Labute approximate surface area is 83.1 Å². The van der Waals surface area contributed by atoms with Gasteiger partial charge in [-0.25, -0.2) is 0 Å². The van der Waals surface area contributed by atoms with E-state index >= 15 is 0 Å². The molecular formula is C8H5F3S2. The Balaban J connectivity index is 2.71. The third-order valence-electron chi connectivity index (χ3n) is 1.22. The second-order valence-corrected chi connectivity index (χ2v) is 3.94. The SMILES string of the molecule is FC(F)(F)SC(=S)c1ccccc1. The van der Waals surface area contributed by atoms with Crippen molar-refractivity contribution < 1.29 is 13.2 Å². The van der Waals surface area contributed by atoms with E-state index in [1.165, 1.54) is 0 Å². The number of rotatable bonds is 1. The van der Waals surface area contributed by atoms with Crippen molar-refractivity contribution in [1.29, 1.82) is 0 Å². The summed E-state index contributed by atoms with van der Waals surface area (Å²) in [5.41, 5.74) is -3.87. The fourth-order valence-electron chi connectivity index (χ4n) is 0.738. The Morgan fingerprint density at radius 2 is 1.69 bits per heavy atom. The molecule has 0 nitrogen and oxygen atoms in total. The van der Waals surface area contributed by atoms with Gasteiger partial charge in [0.05, 0.1) is 4.20 Å². The Morgan fingerprint density at radius 3 is 2.15 bits per heavy atom. The molecule has 5 heteroatoms. The Kier molecular flexibility index (Phi) is 3.33. The van der Waals surface area contributed by atoms with Crippen LogP contribution in [0.15, 0.2) is 30.3 Å². The minimum atomic E-state index is -4.30. The van der Waals surface area contributed by atoms with E-state index in [9.17, 15) is 13.2 Å². The van der Waals surface area contributed by atoms with Crippen LogP contribution in [0.25, 0.3) is 0 Å². The van der Waals surface area contributed by atoms with E-state index in [1.54, 1.807) is 30.3 Å². The van der Waals surface area contributed by atoms with Crippen molar-refractivity contribution in [2.75, 3.05) is 0 Å². The molecule has 13 heavy (non-hydrogen) atoms. The molecular weight excluding hydrogens is 217 g/mol. The molecule has 1 aromatic rings. The van der Waals surface area contributed by atoms with Crippen molar-refractivity contribution in [3.63, 3.8) is 0 Å². The molecule has 0 unspecified atom stereocenters. The second-order valence-electron chi connectivity index (χ2n) is 2.20. The maximum absolute atomic E-state index is 11.9. The third-order valence-corrected chi connectivity index (χ3v) is 2.36. The van der Waals surface area contributed by atoms with Gasteiger partial charge in [-0.1, -0.05) is 42.5 Å². The highest BCUT2D eigenvalue weighted by Gasteiger charge is 2.30. The van der Waals surface area contributed by atoms with Gasteiger partial charge in [-0.05, 0) is 17.3 Å². The molecule has 0 heterocycles. The first-order valence-electron chi connectivity index (χ1n) is 3.34. The van der Waals surface area contributed by atoms with Gasteiger partial charge in [0.15, 0.2) is 0 Å². The average Bonchev–Trinajstić information content (AvgIpc) is 2.03. The molecule has 0 spiro atoms. The summed E-state index contributed by atoms with van der Waals surface area (Å²) in [6.07, 6.45) is 0. The number of thioether (sulfide) groups is 1. The fraction of sp³-hybridized carbons (Fsp3) is 0.125. The van der Waals surface area contributed by atoms with E-state index in [-0.39, 0.29) is 16.0 Å². The molecule has 0 saturated heterocycles. The van der Waals surface area contributed by atoms with Gasteiger partial charge in [0, 0.05) is 0 Å². The zero-order valence-electron chi connectivity index (χ0n) is 6.34. The molecule has 0 atom stereocenters. The highest BCUT2D eigenvalue weighted by Crippen LogP contribution is 2.33. The van der Waals surface area contributed by atoms with Crippen LogP contribution >= 0.6 is 24.0 Å². The first-order valence-corrected chi connectivity index (χ1v) is 4.56. The predicted molar refractivity (Wildman–Crippen MR) is 51.8 cm³/mol. The van der Waals surface area contributed by atoms with Crippen LogP contribution in [0.5, 0.6) is 0 Å². The average molecular weight is 222 g/mol. The minimum absolute atomic E-state index is 0.145. The van der Waals surface area contributed by atoms with Gasteiger partial charge < -0.3 is 0 Å². The fourth-order valence-corrected chi connectivity index (χ4v) is 1.62. The number of halogens is 3. The molecule has 1 rings (SSSR count). The van der Waals surface area contributed by atoms with Crippen LogP contribution in [0.2, 0.25) is 0 Å². The number of hydrogen-bond acceptors (Lipinski definition) is 2. The number of thiocarbonyl (C=S) groups is 1. The summed E-state index contributed by atoms with van der Waals surface area (Å²) < 4.78 is 35.5. The summed E-state index contributed by atoms with van der Waals surface area (Å²) in [5.74, 6) is 0. The van der Waals surface area contributed by atoms with Crippen LogP contribution < -0.4 is 0 Å². The predicted octanol–water partition coefficient (Wildman–Crippen LogP) is 3.62. The maximum Gasteiger partial charge on any atom is 0.447 e. The van der Waals surface area contributed by atoms with E-state index < -0.39 is 5.51 Å². The summed E-state index contributed by atoms with van der Waals surface area (Å²) in [7, 11) is 0. The van der Waals surface area contributed by atoms with E-state index in [2.05, 4.69) is 12.2 Å². The normalized spacial score (nSPS) is 11.3. The summed E-state index contributed by atoms with van der Waals surface area (Å²) in [4.78, 5) is 0. The van der Waals surface area contributed by atoms with Crippen LogP contribution in [0.4, 0.5) is 13.2 Å². The Bertz CT molecular complexity index is 292. The van der Waals surface area contributed by atoms with Gasteiger partial charge in [-0.3, -0.25) is 0 Å². The molecule has 0 N–H and O–H groups in total. The number of alkyl halides is 3. The monoisotopic (exact) mass is 222 g/mol. The van der Waals surface area contributed by atoms with Crippen LogP contribution in [-0.2, 0) is 0 Å². The zero-order chi connectivity index (χ0) is 9.90. The van der Waals surface area contributed by atoms with Crippen molar-refractivity contribution in [3.8, 4) is 0 Å². The highest BCUT2D eigenvalue weighted by atomic mass is 32.2. The lowest BCUT2D eigenvalue weighted by atomic mass is 10.2. The van der Waals surface area contributed by atoms with Gasteiger partial charge in [0.25, 0.3) is 0 Å². The van der Waals surface area contributed by atoms with Crippen molar-refractivity contribution in [1.82, 2.24) is 0 Å². The standard InChI is InChI=1S/C8H5F3S2/c9-8(10,11)13-7(12)6-4-2-1-3-5-6/h1-5H. The largest absolute Gasteiger partial charge is 0.447 e. The molecule has 0 bridgehead atoms. The third kappa shape index (κ3) is 3.78. The topological polar surface area (TPSA) is 0 Å². The van der Waals surface area contributed by atoms with Crippen LogP contribution in [0, 0.1) is 0 Å². The summed E-state index contributed by atoms with van der Waals surface area (Å²) >= 11 is 4.35. The lowest BCUT2D eigenvalue weighted by molar-refractivity contribution is -0.0315. The van der Waals surface area contributed by atoms with E-state index in [4.69, 9.17) is 0 Å². The summed E-state index contributed by atoms with van der Waals surface area (Å²) in [6.45, 7) is 0. The van der Waals surface area contributed by atoms with Crippen LogP contribution in [0.1, 0.15) is 5.56 Å². The summed E-state index contributed by atoms with van der Waals surface area (Å²) in [5, 5.41) is 0. The molecule has 0 aliphatic rings. The van der Waals surface area contributed by atoms with Gasteiger partial charge in [0.1, 0.15) is 0 Å². The van der Waals surface area contributed by atoms with E-state index in [0.29, 0.717) is 5.56 Å². The highest BCUT2D eigenvalue weighted by molar-refractivity contribution is 8.24. The molecule has 0 saturated carbocycles. The smallest absolute Gasteiger partial charge is 0.160 e. The lowest BCUT2D eigenvalue weighted by Crippen LogP contribution is -2.05. The number of benzene rings is 1. The first kappa shape index (κ1) is 10.5. The molecule has 1 aromatic carbocycles.